The zero-order valence-electron chi connectivity index (χ0n) is 11.5. The molecule has 0 radical (unpaired) electrons. The summed E-state index contributed by atoms with van der Waals surface area (Å²) < 4.78 is 5.06. The van der Waals surface area contributed by atoms with Gasteiger partial charge in [0.15, 0.2) is 6.10 Å². The average Bonchev–Trinajstić information content (AvgIpc) is 2.86. The van der Waals surface area contributed by atoms with E-state index in [2.05, 4.69) is 5.32 Å². The normalized spacial score (nSPS) is 15.5. The third-order valence-corrected chi connectivity index (χ3v) is 3.44. The Balaban J connectivity index is 1.91. The van der Waals surface area contributed by atoms with E-state index in [9.17, 15) is 14.4 Å². The van der Waals surface area contributed by atoms with Crippen LogP contribution in [-0.2, 0) is 20.7 Å². The van der Waals surface area contributed by atoms with Crippen LogP contribution in [0.5, 0.6) is 0 Å². The van der Waals surface area contributed by atoms with Crippen LogP contribution in [0.1, 0.15) is 12.5 Å². The number of amides is 3. The monoisotopic (exact) mass is 310 g/mol. The number of nitrogens with one attached hydrogen (secondary N) is 1. The number of urea groups is 1. The van der Waals surface area contributed by atoms with E-state index in [1.54, 1.807) is 24.3 Å². The maximum Gasteiger partial charge on any atom is 0.324 e. The highest BCUT2D eigenvalue weighted by Gasteiger charge is 2.31. The minimum Gasteiger partial charge on any atom is -0.452 e. The molecule has 0 bridgehead atoms. The summed E-state index contributed by atoms with van der Waals surface area (Å²) in [5, 5.41) is 2.98. The van der Waals surface area contributed by atoms with Gasteiger partial charge in [0.1, 0.15) is 0 Å². The number of benzene rings is 1. The Labute approximate surface area is 127 Å². The number of halogens is 1. The molecule has 3 amide bonds. The Bertz CT molecular complexity index is 576. The van der Waals surface area contributed by atoms with E-state index in [4.69, 9.17) is 16.3 Å². The SMILES string of the molecule is C[C@H](OC(=O)Cc1ccccc1Cl)C(=O)N1CCNC1=O. The molecule has 0 aliphatic carbocycles. The third-order valence-electron chi connectivity index (χ3n) is 3.07. The number of imide groups is 1. The Morgan fingerprint density at radius 1 is 1.43 bits per heavy atom. The highest BCUT2D eigenvalue weighted by molar-refractivity contribution is 6.31. The van der Waals surface area contributed by atoms with Gasteiger partial charge in [-0.25, -0.2) is 4.79 Å². The van der Waals surface area contributed by atoms with Gasteiger partial charge in [-0.05, 0) is 18.6 Å². The van der Waals surface area contributed by atoms with Gasteiger partial charge in [0.25, 0.3) is 5.91 Å². The maximum absolute atomic E-state index is 12.0. The van der Waals surface area contributed by atoms with Crippen molar-refractivity contribution in [3.8, 4) is 0 Å². The summed E-state index contributed by atoms with van der Waals surface area (Å²) in [7, 11) is 0. The topological polar surface area (TPSA) is 75.7 Å². The molecule has 6 nitrogen and oxygen atoms in total. The van der Waals surface area contributed by atoms with Crippen molar-refractivity contribution in [2.45, 2.75) is 19.4 Å². The van der Waals surface area contributed by atoms with Crippen molar-refractivity contribution in [2.24, 2.45) is 0 Å². The Morgan fingerprint density at radius 2 is 2.14 bits per heavy atom. The van der Waals surface area contributed by atoms with E-state index in [0.29, 0.717) is 17.1 Å². The third kappa shape index (κ3) is 3.72. The summed E-state index contributed by atoms with van der Waals surface area (Å²) >= 11 is 5.95. The minimum atomic E-state index is -1.01. The van der Waals surface area contributed by atoms with E-state index in [0.717, 1.165) is 4.90 Å². The summed E-state index contributed by atoms with van der Waals surface area (Å²) in [5.41, 5.74) is 0.628. The van der Waals surface area contributed by atoms with Gasteiger partial charge in [0.05, 0.1) is 6.42 Å². The molecule has 0 saturated carbocycles. The molecule has 1 aliphatic rings. The molecular weight excluding hydrogens is 296 g/mol. The van der Waals surface area contributed by atoms with Crippen LogP contribution in [0.25, 0.3) is 0 Å². The van der Waals surface area contributed by atoms with Gasteiger partial charge in [0, 0.05) is 18.1 Å². The zero-order valence-corrected chi connectivity index (χ0v) is 12.2. The van der Waals surface area contributed by atoms with Crippen molar-refractivity contribution in [3.05, 3.63) is 34.9 Å². The fourth-order valence-corrected chi connectivity index (χ4v) is 2.19. The molecule has 1 heterocycles. The second kappa shape index (κ2) is 6.58. The zero-order chi connectivity index (χ0) is 15.4. The van der Waals surface area contributed by atoms with Gasteiger partial charge in [-0.2, -0.15) is 0 Å². The predicted octanol–water partition coefficient (Wildman–Crippen LogP) is 1.37. The Kier molecular flexibility index (Phi) is 4.80. The first-order chi connectivity index (χ1) is 9.99. The fourth-order valence-electron chi connectivity index (χ4n) is 1.99. The highest BCUT2D eigenvalue weighted by atomic mass is 35.5. The highest BCUT2D eigenvalue weighted by Crippen LogP contribution is 2.16. The van der Waals surface area contributed by atoms with E-state index in [1.807, 2.05) is 0 Å². The molecule has 1 aromatic rings. The standard InChI is InChI=1S/C14H15ClN2O4/c1-9(13(19)17-7-6-16-14(17)20)21-12(18)8-10-4-2-3-5-11(10)15/h2-5,9H,6-8H2,1H3,(H,16,20)/t9-/m0/s1. The van der Waals surface area contributed by atoms with Crippen LogP contribution < -0.4 is 5.32 Å². The molecular formula is C14H15ClN2O4. The lowest BCUT2D eigenvalue weighted by Gasteiger charge is -2.18. The van der Waals surface area contributed by atoms with Crippen molar-refractivity contribution in [2.75, 3.05) is 13.1 Å². The lowest BCUT2D eigenvalue weighted by molar-refractivity contribution is -0.156. The molecule has 1 aliphatic heterocycles. The average molecular weight is 311 g/mol. The van der Waals surface area contributed by atoms with Gasteiger partial charge in [-0.3, -0.25) is 14.5 Å². The molecule has 0 unspecified atom stereocenters. The van der Waals surface area contributed by atoms with Gasteiger partial charge in [0.2, 0.25) is 0 Å². The van der Waals surface area contributed by atoms with E-state index in [-0.39, 0.29) is 13.0 Å². The maximum atomic E-state index is 12.0. The van der Waals surface area contributed by atoms with Gasteiger partial charge in [-0.15, -0.1) is 0 Å². The molecule has 1 atom stereocenters. The van der Waals surface area contributed by atoms with Gasteiger partial charge in [-0.1, -0.05) is 29.8 Å². The molecule has 2 rings (SSSR count). The van der Waals surface area contributed by atoms with Crippen molar-refractivity contribution in [3.63, 3.8) is 0 Å². The first-order valence-corrected chi connectivity index (χ1v) is 6.89. The molecule has 112 valence electrons. The predicted molar refractivity (Wildman–Crippen MR) is 75.8 cm³/mol. The summed E-state index contributed by atoms with van der Waals surface area (Å²) in [6.45, 7) is 2.13. The summed E-state index contributed by atoms with van der Waals surface area (Å²) in [4.78, 5) is 36.2. The van der Waals surface area contributed by atoms with Crippen LogP contribution in [0.4, 0.5) is 4.79 Å². The molecule has 0 spiro atoms. The van der Waals surface area contributed by atoms with Crippen molar-refractivity contribution < 1.29 is 19.1 Å². The van der Waals surface area contributed by atoms with Crippen LogP contribution in [0, 0.1) is 0 Å². The number of carbonyl (C=O) groups excluding carboxylic acids is 3. The van der Waals surface area contributed by atoms with Crippen LogP contribution in [-0.4, -0.2) is 42.0 Å². The lowest BCUT2D eigenvalue weighted by atomic mass is 10.1. The van der Waals surface area contributed by atoms with Gasteiger partial charge < -0.3 is 10.1 Å². The number of hydrogen-bond acceptors (Lipinski definition) is 4. The first-order valence-electron chi connectivity index (χ1n) is 6.51. The molecule has 1 fully saturated rings. The molecule has 1 saturated heterocycles. The van der Waals surface area contributed by atoms with Crippen molar-refractivity contribution >= 4 is 29.5 Å². The largest absolute Gasteiger partial charge is 0.452 e. The number of carbonyl (C=O) groups is 3. The van der Waals surface area contributed by atoms with Crippen molar-refractivity contribution in [1.29, 1.82) is 0 Å². The second-order valence-corrected chi connectivity index (χ2v) is 5.03. The van der Waals surface area contributed by atoms with E-state index < -0.39 is 24.0 Å². The van der Waals surface area contributed by atoms with Crippen LogP contribution >= 0.6 is 11.6 Å². The van der Waals surface area contributed by atoms with Gasteiger partial charge >= 0.3 is 12.0 Å². The summed E-state index contributed by atoms with van der Waals surface area (Å²) in [5.74, 6) is -1.10. The second-order valence-electron chi connectivity index (χ2n) is 4.62. The van der Waals surface area contributed by atoms with Crippen LogP contribution in [0.15, 0.2) is 24.3 Å². The smallest absolute Gasteiger partial charge is 0.324 e. The first kappa shape index (κ1) is 15.3. The Morgan fingerprint density at radius 3 is 2.76 bits per heavy atom. The van der Waals surface area contributed by atoms with E-state index >= 15 is 0 Å². The number of rotatable bonds is 4. The lowest BCUT2D eigenvalue weighted by Crippen LogP contribution is -2.42. The quantitative estimate of drug-likeness (QED) is 0.852. The molecule has 7 heteroatoms. The summed E-state index contributed by atoms with van der Waals surface area (Å²) in [6, 6.07) is 6.44. The van der Waals surface area contributed by atoms with E-state index in [1.165, 1.54) is 6.92 Å². The number of nitrogens with zero attached hydrogens (tertiary/aromatic N) is 1. The molecule has 1 aromatic carbocycles. The molecule has 0 aromatic heterocycles. The minimum absolute atomic E-state index is 0.0243. The number of hydrogen-bond donors (Lipinski definition) is 1. The van der Waals surface area contributed by atoms with Crippen molar-refractivity contribution in [1.82, 2.24) is 10.2 Å². The Hall–Kier alpha value is -2.08. The number of esters is 1. The summed E-state index contributed by atoms with van der Waals surface area (Å²) in [6.07, 6.45) is -1.03. The molecule has 1 N–H and O–H groups in total. The molecule has 21 heavy (non-hydrogen) atoms. The fraction of sp³-hybridized carbons (Fsp3) is 0.357. The van der Waals surface area contributed by atoms with Crippen LogP contribution in [0.2, 0.25) is 5.02 Å². The number of ether oxygens (including phenoxy) is 1. The van der Waals surface area contributed by atoms with Crippen LogP contribution in [0.3, 0.4) is 0 Å².